The molecule has 0 radical (unpaired) electrons. The smallest absolute Gasteiger partial charge is 0.339 e. The van der Waals surface area contributed by atoms with Gasteiger partial charge in [-0.1, -0.05) is 30.0 Å². The maximum Gasteiger partial charge on any atom is 0.339 e. The van der Waals surface area contributed by atoms with Crippen molar-refractivity contribution in [1.29, 1.82) is 0 Å². The Morgan fingerprint density at radius 3 is 2.53 bits per heavy atom. The highest BCUT2D eigenvalue weighted by atomic mass is 19.1. The maximum atomic E-state index is 13.2. The molecule has 3 heteroatoms. The van der Waals surface area contributed by atoms with Crippen molar-refractivity contribution in [2.75, 3.05) is 7.11 Å². The van der Waals surface area contributed by atoms with Crippen molar-refractivity contribution >= 4 is 5.97 Å². The molecule has 0 atom stereocenters. The van der Waals surface area contributed by atoms with Crippen LogP contribution in [0.1, 0.15) is 21.5 Å². The first kappa shape index (κ1) is 12.8. The summed E-state index contributed by atoms with van der Waals surface area (Å²) >= 11 is 0. The third kappa shape index (κ3) is 3.20. The van der Waals surface area contributed by atoms with Crippen molar-refractivity contribution < 1.29 is 13.9 Å². The third-order valence-corrected chi connectivity index (χ3v) is 2.50. The molecule has 0 aromatic heterocycles. The lowest BCUT2D eigenvalue weighted by atomic mass is 10.1. The summed E-state index contributed by atoms with van der Waals surface area (Å²) in [5.74, 6) is 4.68. The fourth-order valence-corrected chi connectivity index (χ4v) is 1.57. The zero-order valence-corrected chi connectivity index (χ0v) is 10.3. The molecule has 2 nitrogen and oxygen atoms in total. The van der Waals surface area contributed by atoms with Crippen LogP contribution >= 0.6 is 0 Å². The Labute approximate surface area is 110 Å². The molecule has 2 aromatic carbocycles. The highest BCUT2D eigenvalue weighted by molar-refractivity contribution is 5.92. The van der Waals surface area contributed by atoms with Gasteiger partial charge >= 0.3 is 5.97 Å². The molecule has 0 spiro atoms. The summed E-state index contributed by atoms with van der Waals surface area (Å²) in [6, 6.07) is 13.2. The zero-order valence-electron chi connectivity index (χ0n) is 10.3. The topological polar surface area (TPSA) is 26.3 Å². The number of hydrogen-bond acceptors (Lipinski definition) is 2. The van der Waals surface area contributed by atoms with Crippen molar-refractivity contribution in [3.8, 4) is 11.8 Å². The second-order valence-corrected chi connectivity index (χ2v) is 3.80. The lowest BCUT2D eigenvalue weighted by molar-refractivity contribution is 0.0600. The second-order valence-electron chi connectivity index (χ2n) is 3.80. The van der Waals surface area contributed by atoms with E-state index < -0.39 is 11.8 Å². The highest BCUT2D eigenvalue weighted by Crippen LogP contribution is 2.12. The number of hydrogen-bond donors (Lipinski definition) is 0. The number of methoxy groups -OCH3 is 1. The van der Waals surface area contributed by atoms with Gasteiger partial charge in [0, 0.05) is 11.1 Å². The van der Waals surface area contributed by atoms with E-state index in [1.54, 1.807) is 0 Å². The Balaban J connectivity index is 2.41. The van der Waals surface area contributed by atoms with E-state index in [4.69, 9.17) is 0 Å². The summed E-state index contributed by atoms with van der Waals surface area (Å²) in [6.45, 7) is 0. The Hall–Kier alpha value is -2.60. The van der Waals surface area contributed by atoms with Gasteiger partial charge in [0.15, 0.2) is 0 Å². The summed E-state index contributed by atoms with van der Waals surface area (Å²) < 4.78 is 17.8. The van der Waals surface area contributed by atoms with Crippen LogP contribution in [-0.2, 0) is 4.74 Å². The van der Waals surface area contributed by atoms with Crippen molar-refractivity contribution in [1.82, 2.24) is 0 Å². The molecule has 0 heterocycles. The molecule has 0 N–H and O–H groups in total. The van der Waals surface area contributed by atoms with Gasteiger partial charge in [-0.3, -0.25) is 0 Å². The van der Waals surface area contributed by atoms with E-state index in [0.717, 1.165) is 11.6 Å². The predicted molar refractivity (Wildman–Crippen MR) is 70.2 cm³/mol. The highest BCUT2D eigenvalue weighted by Gasteiger charge is 2.11. The van der Waals surface area contributed by atoms with Crippen molar-refractivity contribution in [2.45, 2.75) is 0 Å². The van der Waals surface area contributed by atoms with Gasteiger partial charge in [0.05, 0.1) is 12.7 Å². The standard InChI is InChI=1S/C16H11FO2/c1-19-16(18)15-11-14(17)10-9-13(15)8-7-12-5-3-2-4-6-12/h2-6,9-11H,1H3. The number of esters is 1. The first-order valence-electron chi connectivity index (χ1n) is 5.65. The number of halogens is 1. The fraction of sp³-hybridized carbons (Fsp3) is 0.0625. The molecule has 0 saturated heterocycles. The molecule has 19 heavy (non-hydrogen) atoms. The Morgan fingerprint density at radius 1 is 1.11 bits per heavy atom. The van der Waals surface area contributed by atoms with Gasteiger partial charge in [0.25, 0.3) is 0 Å². The van der Waals surface area contributed by atoms with E-state index in [0.29, 0.717) is 5.56 Å². The Morgan fingerprint density at radius 2 is 1.84 bits per heavy atom. The van der Waals surface area contributed by atoms with Crippen LogP contribution in [0.4, 0.5) is 4.39 Å². The molecule has 0 fully saturated rings. The summed E-state index contributed by atoms with van der Waals surface area (Å²) in [5.41, 5.74) is 1.39. The number of ether oxygens (including phenoxy) is 1. The molecule has 94 valence electrons. The Kier molecular flexibility index (Phi) is 3.94. The summed E-state index contributed by atoms with van der Waals surface area (Å²) in [7, 11) is 1.25. The SMILES string of the molecule is COC(=O)c1cc(F)ccc1C#Cc1ccccc1. The lowest BCUT2D eigenvalue weighted by Gasteiger charge is -2.02. The molecule has 0 unspecified atom stereocenters. The normalized spacial score (nSPS) is 9.37. The fourth-order valence-electron chi connectivity index (χ4n) is 1.57. The monoisotopic (exact) mass is 254 g/mol. The molecule has 0 saturated carbocycles. The lowest BCUT2D eigenvalue weighted by Crippen LogP contribution is -2.04. The molecule has 0 aliphatic rings. The van der Waals surface area contributed by atoms with Crippen LogP contribution in [0, 0.1) is 17.7 Å². The minimum Gasteiger partial charge on any atom is -0.465 e. The number of benzene rings is 2. The van der Waals surface area contributed by atoms with E-state index >= 15 is 0 Å². The minimum absolute atomic E-state index is 0.130. The third-order valence-electron chi connectivity index (χ3n) is 2.50. The largest absolute Gasteiger partial charge is 0.465 e. The summed E-state index contributed by atoms with van der Waals surface area (Å²) in [4.78, 5) is 11.5. The van der Waals surface area contributed by atoms with E-state index in [1.165, 1.54) is 19.2 Å². The molecule has 0 aliphatic carbocycles. The van der Waals surface area contributed by atoms with Gasteiger partial charge in [-0.25, -0.2) is 9.18 Å². The van der Waals surface area contributed by atoms with Crippen molar-refractivity contribution in [3.63, 3.8) is 0 Å². The van der Waals surface area contributed by atoms with Crippen LogP contribution in [0.5, 0.6) is 0 Å². The van der Waals surface area contributed by atoms with Crippen LogP contribution in [0.2, 0.25) is 0 Å². The molecule has 2 aromatic rings. The predicted octanol–water partition coefficient (Wildman–Crippen LogP) is 3.01. The average Bonchev–Trinajstić information content (AvgIpc) is 2.46. The van der Waals surface area contributed by atoms with Crippen molar-refractivity contribution in [3.05, 3.63) is 71.0 Å². The van der Waals surface area contributed by atoms with E-state index in [9.17, 15) is 9.18 Å². The molecular weight excluding hydrogens is 243 g/mol. The van der Waals surface area contributed by atoms with Gasteiger partial charge in [-0.2, -0.15) is 0 Å². The molecule has 0 bridgehead atoms. The van der Waals surface area contributed by atoms with E-state index in [2.05, 4.69) is 16.6 Å². The average molecular weight is 254 g/mol. The van der Waals surface area contributed by atoms with E-state index in [-0.39, 0.29) is 5.56 Å². The maximum absolute atomic E-state index is 13.2. The van der Waals surface area contributed by atoms with Crippen LogP contribution in [0.25, 0.3) is 0 Å². The summed E-state index contributed by atoms with van der Waals surface area (Å²) in [6.07, 6.45) is 0. The van der Waals surface area contributed by atoms with Crippen LogP contribution in [-0.4, -0.2) is 13.1 Å². The molecule has 0 aliphatic heterocycles. The quantitative estimate of drug-likeness (QED) is 0.577. The van der Waals surface area contributed by atoms with Gasteiger partial charge in [-0.05, 0) is 30.3 Å². The Bertz CT molecular complexity index is 651. The minimum atomic E-state index is -0.600. The van der Waals surface area contributed by atoms with Crippen molar-refractivity contribution in [2.24, 2.45) is 0 Å². The first-order valence-corrected chi connectivity index (χ1v) is 5.65. The van der Waals surface area contributed by atoms with Crippen LogP contribution in [0.15, 0.2) is 48.5 Å². The molecule has 0 amide bonds. The second kappa shape index (κ2) is 5.83. The first-order chi connectivity index (χ1) is 9.20. The van der Waals surface area contributed by atoms with E-state index in [1.807, 2.05) is 30.3 Å². The number of carbonyl (C=O) groups is 1. The molecule has 2 rings (SSSR count). The molecular formula is C16H11FO2. The van der Waals surface area contributed by atoms with Crippen LogP contribution in [0.3, 0.4) is 0 Å². The van der Waals surface area contributed by atoms with Gasteiger partial charge in [0.1, 0.15) is 5.82 Å². The van der Waals surface area contributed by atoms with Gasteiger partial charge < -0.3 is 4.74 Å². The number of rotatable bonds is 1. The zero-order chi connectivity index (χ0) is 13.7. The summed E-state index contributed by atoms with van der Waals surface area (Å²) in [5, 5.41) is 0. The van der Waals surface area contributed by atoms with Gasteiger partial charge in [-0.15, -0.1) is 0 Å². The number of carbonyl (C=O) groups excluding carboxylic acids is 1. The van der Waals surface area contributed by atoms with Gasteiger partial charge in [0.2, 0.25) is 0 Å². The van der Waals surface area contributed by atoms with Crippen LogP contribution < -0.4 is 0 Å².